The lowest BCUT2D eigenvalue weighted by atomic mass is 10.2. The minimum absolute atomic E-state index is 0.0346. The largest absolute Gasteiger partial charge is 0.437 e. The molecule has 5 heteroatoms. The number of hydrogen-bond acceptors (Lipinski definition) is 3. The first kappa shape index (κ1) is 13.3. The molecule has 1 heterocycles. The van der Waals surface area contributed by atoms with Gasteiger partial charge in [0, 0.05) is 16.2 Å². The molecule has 0 aliphatic rings. The van der Waals surface area contributed by atoms with E-state index in [4.69, 9.17) is 21.4 Å². The van der Waals surface area contributed by atoms with Gasteiger partial charge in [-0.3, -0.25) is 0 Å². The standard InChI is InChI=1S/C13H11BrClNO2/c1-8-4-9(7-17)6-16-13(8)18-12-3-2-10(14)5-11(12)15/h2-6,17H,7H2,1H3. The first-order valence-corrected chi connectivity index (χ1v) is 6.46. The molecule has 94 valence electrons. The van der Waals surface area contributed by atoms with E-state index in [1.807, 2.05) is 19.1 Å². The first-order valence-electron chi connectivity index (χ1n) is 5.29. The highest BCUT2D eigenvalue weighted by Crippen LogP contribution is 2.32. The third-order valence-corrected chi connectivity index (χ3v) is 3.16. The molecular weight excluding hydrogens is 318 g/mol. The number of aryl methyl sites for hydroxylation is 1. The van der Waals surface area contributed by atoms with Crippen molar-refractivity contribution in [2.75, 3.05) is 0 Å². The number of pyridine rings is 1. The number of ether oxygens (including phenoxy) is 1. The van der Waals surface area contributed by atoms with Gasteiger partial charge in [0.15, 0.2) is 0 Å². The Morgan fingerprint density at radius 1 is 1.39 bits per heavy atom. The maximum atomic E-state index is 9.01. The van der Waals surface area contributed by atoms with Gasteiger partial charge in [0.25, 0.3) is 0 Å². The molecule has 1 N–H and O–H groups in total. The van der Waals surface area contributed by atoms with Crippen LogP contribution in [0, 0.1) is 6.92 Å². The van der Waals surface area contributed by atoms with Crippen molar-refractivity contribution in [2.45, 2.75) is 13.5 Å². The number of benzene rings is 1. The normalized spacial score (nSPS) is 10.4. The second-order valence-corrected chi connectivity index (χ2v) is 5.12. The van der Waals surface area contributed by atoms with Crippen LogP contribution >= 0.6 is 27.5 Å². The molecule has 0 atom stereocenters. The van der Waals surface area contributed by atoms with Gasteiger partial charge in [-0.1, -0.05) is 27.5 Å². The number of aliphatic hydroxyl groups excluding tert-OH is 1. The molecule has 0 spiro atoms. The summed E-state index contributed by atoms with van der Waals surface area (Å²) in [5.41, 5.74) is 1.60. The zero-order chi connectivity index (χ0) is 13.1. The molecular formula is C13H11BrClNO2. The number of nitrogens with zero attached hydrogens (tertiary/aromatic N) is 1. The van der Waals surface area contributed by atoms with Crippen LogP contribution < -0.4 is 4.74 Å². The number of rotatable bonds is 3. The molecule has 3 nitrogen and oxygen atoms in total. The molecule has 1 aromatic carbocycles. The summed E-state index contributed by atoms with van der Waals surface area (Å²) >= 11 is 9.40. The Kier molecular flexibility index (Phi) is 4.22. The van der Waals surface area contributed by atoms with Crippen LogP contribution in [0.3, 0.4) is 0 Å². The quantitative estimate of drug-likeness (QED) is 0.922. The van der Waals surface area contributed by atoms with Crippen molar-refractivity contribution >= 4 is 27.5 Å². The molecule has 0 unspecified atom stereocenters. The monoisotopic (exact) mass is 327 g/mol. The van der Waals surface area contributed by atoms with E-state index in [2.05, 4.69) is 20.9 Å². The second-order valence-electron chi connectivity index (χ2n) is 3.80. The van der Waals surface area contributed by atoms with Crippen LogP contribution in [0.1, 0.15) is 11.1 Å². The van der Waals surface area contributed by atoms with Gasteiger partial charge in [-0.15, -0.1) is 0 Å². The van der Waals surface area contributed by atoms with Crippen molar-refractivity contribution in [1.29, 1.82) is 0 Å². The molecule has 0 amide bonds. The Bertz CT molecular complexity index is 575. The lowest BCUT2D eigenvalue weighted by Crippen LogP contribution is -1.94. The summed E-state index contributed by atoms with van der Waals surface area (Å²) in [6.45, 7) is 1.83. The highest BCUT2D eigenvalue weighted by atomic mass is 79.9. The lowest BCUT2D eigenvalue weighted by Gasteiger charge is -2.09. The highest BCUT2D eigenvalue weighted by Gasteiger charge is 2.07. The van der Waals surface area contributed by atoms with Crippen LogP contribution in [0.5, 0.6) is 11.6 Å². The fraction of sp³-hybridized carbons (Fsp3) is 0.154. The molecule has 0 saturated heterocycles. The predicted molar refractivity (Wildman–Crippen MR) is 74.1 cm³/mol. The van der Waals surface area contributed by atoms with Gasteiger partial charge >= 0.3 is 0 Å². The van der Waals surface area contributed by atoms with Gasteiger partial charge in [-0.05, 0) is 36.8 Å². The van der Waals surface area contributed by atoms with Crippen molar-refractivity contribution in [1.82, 2.24) is 4.98 Å². The third kappa shape index (κ3) is 3.02. The molecule has 0 bridgehead atoms. The van der Waals surface area contributed by atoms with Crippen molar-refractivity contribution in [3.8, 4) is 11.6 Å². The maximum absolute atomic E-state index is 9.01. The van der Waals surface area contributed by atoms with Crippen molar-refractivity contribution in [3.63, 3.8) is 0 Å². The fourth-order valence-corrected chi connectivity index (χ4v) is 2.19. The van der Waals surface area contributed by atoms with Gasteiger partial charge in [0.05, 0.1) is 11.6 Å². The Hall–Kier alpha value is -1.10. The number of aliphatic hydroxyl groups is 1. The van der Waals surface area contributed by atoms with Crippen LogP contribution in [0.2, 0.25) is 5.02 Å². The first-order chi connectivity index (χ1) is 8.60. The summed E-state index contributed by atoms with van der Waals surface area (Å²) in [4.78, 5) is 4.16. The highest BCUT2D eigenvalue weighted by molar-refractivity contribution is 9.10. The van der Waals surface area contributed by atoms with E-state index >= 15 is 0 Å². The summed E-state index contributed by atoms with van der Waals surface area (Å²) < 4.78 is 6.54. The Morgan fingerprint density at radius 2 is 2.17 bits per heavy atom. The summed E-state index contributed by atoms with van der Waals surface area (Å²) in [5.74, 6) is 1.03. The SMILES string of the molecule is Cc1cc(CO)cnc1Oc1ccc(Br)cc1Cl. The number of halogens is 2. The molecule has 0 aliphatic heterocycles. The molecule has 0 fully saturated rings. The second kappa shape index (κ2) is 5.69. The molecule has 2 aromatic rings. The maximum Gasteiger partial charge on any atom is 0.222 e. The molecule has 0 aliphatic carbocycles. The minimum Gasteiger partial charge on any atom is -0.437 e. The topological polar surface area (TPSA) is 42.4 Å². The van der Waals surface area contributed by atoms with E-state index in [0.29, 0.717) is 16.7 Å². The van der Waals surface area contributed by atoms with Crippen LogP contribution in [-0.4, -0.2) is 10.1 Å². The van der Waals surface area contributed by atoms with Gasteiger partial charge < -0.3 is 9.84 Å². The summed E-state index contributed by atoms with van der Waals surface area (Å²) in [7, 11) is 0. The summed E-state index contributed by atoms with van der Waals surface area (Å²) in [6, 6.07) is 7.20. The van der Waals surface area contributed by atoms with Crippen molar-refractivity contribution in [2.24, 2.45) is 0 Å². The zero-order valence-electron chi connectivity index (χ0n) is 9.65. The number of aromatic nitrogens is 1. The van der Waals surface area contributed by atoms with Crippen LogP contribution in [0.4, 0.5) is 0 Å². The van der Waals surface area contributed by atoms with Gasteiger partial charge in [0.1, 0.15) is 5.75 Å². The van der Waals surface area contributed by atoms with Crippen molar-refractivity contribution < 1.29 is 9.84 Å². The molecule has 18 heavy (non-hydrogen) atoms. The Balaban J connectivity index is 2.28. The van der Waals surface area contributed by atoms with Gasteiger partial charge in [0.2, 0.25) is 5.88 Å². The number of hydrogen-bond donors (Lipinski definition) is 1. The third-order valence-electron chi connectivity index (χ3n) is 2.37. The predicted octanol–water partition coefficient (Wildman–Crippen LogP) is 4.09. The van der Waals surface area contributed by atoms with E-state index in [1.54, 1.807) is 18.3 Å². The van der Waals surface area contributed by atoms with E-state index in [9.17, 15) is 0 Å². The van der Waals surface area contributed by atoms with Crippen LogP contribution in [-0.2, 0) is 6.61 Å². The molecule has 0 radical (unpaired) electrons. The summed E-state index contributed by atoms with van der Waals surface area (Å²) in [6.07, 6.45) is 1.58. The van der Waals surface area contributed by atoms with E-state index in [0.717, 1.165) is 15.6 Å². The Labute approximate surface area is 119 Å². The van der Waals surface area contributed by atoms with Crippen molar-refractivity contribution in [3.05, 3.63) is 51.1 Å². The average Bonchev–Trinajstić information content (AvgIpc) is 2.34. The average molecular weight is 329 g/mol. The molecule has 2 rings (SSSR count). The smallest absolute Gasteiger partial charge is 0.222 e. The van der Waals surface area contributed by atoms with Crippen LogP contribution in [0.15, 0.2) is 34.9 Å². The molecule has 1 aromatic heterocycles. The zero-order valence-corrected chi connectivity index (χ0v) is 12.0. The van der Waals surface area contributed by atoms with E-state index in [-0.39, 0.29) is 6.61 Å². The van der Waals surface area contributed by atoms with Crippen LogP contribution in [0.25, 0.3) is 0 Å². The van der Waals surface area contributed by atoms with Gasteiger partial charge in [-0.2, -0.15) is 0 Å². The van der Waals surface area contributed by atoms with E-state index in [1.165, 1.54) is 0 Å². The van der Waals surface area contributed by atoms with E-state index < -0.39 is 0 Å². The Morgan fingerprint density at radius 3 is 2.78 bits per heavy atom. The summed E-state index contributed by atoms with van der Waals surface area (Å²) in [5, 5.41) is 9.52. The molecule has 0 saturated carbocycles. The minimum atomic E-state index is -0.0346. The van der Waals surface area contributed by atoms with Gasteiger partial charge in [-0.25, -0.2) is 4.98 Å². The lowest BCUT2D eigenvalue weighted by molar-refractivity contribution is 0.281. The fourth-order valence-electron chi connectivity index (χ4n) is 1.48.